The lowest BCUT2D eigenvalue weighted by Gasteiger charge is -2.13. The molecular weight excluding hydrogens is 256 g/mol. The average molecular weight is 270 g/mol. The standard InChI is InChI=1S/C11H14N2O4S/c1-18-5-3-8(11(16)17)13-10(15)7-2-4-12-9(14)6-7/h2,4,6,8H,3,5H2,1H3,(H,12,14)(H,13,15)(H,16,17)/t8-/m1/s1. The van der Waals surface area contributed by atoms with Crippen molar-refractivity contribution in [3.8, 4) is 0 Å². The molecule has 1 amide bonds. The molecule has 3 N–H and O–H groups in total. The molecule has 1 aromatic rings. The van der Waals surface area contributed by atoms with Gasteiger partial charge >= 0.3 is 5.97 Å². The highest BCUT2D eigenvalue weighted by Crippen LogP contribution is 2.02. The normalized spacial score (nSPS) is 11.8. The van der Waals surface area contributed by atoms with Crippen molar-refractivity contribution in [2.24, 2.45) is 0 Å². The topological polar surface area (TPSA) is 99.3 Å². The Balaban J connectivity index is 2.72. The van der Waals surface area contributed by atoms with Crippen molar-refractivity contribution in [1.29, 1.82) is 0 Å². The molecule has 0 fully saturated rings. The predicted molar refractivity (Wildman–Crippen MR) is 69.0 cm³/mol. The Morgan fingerprint density at radius 3 is 2.83 bits per heavy atom. The van der Waals surface area contributed by atoms with Gasteiger partial charge in [-0.2, -0.15) is 11.8 Å². The van der Waals surface area contributed by atoms with Crippen LogP contribution in [0.15, 0.2) is 23.1 Å². The van der Waals surface area contributed by atoms with Crippen LogP contribution in [0, 0.1) is 0 Å². The maximum Gasteiger partial charge on any atom is 0.326 e. The SMILES string of the molecule is CSCC[C@@H](NC(=O)c1cc[nH]c(=O)c1)C(=O)O. The minimum absolute atomic E-state index is 0.147. The number of carboxylic acids is 1. The number of carbonyl (C=O) groups is 2. The smallest absolute Gasteiger partial charge is 0.326 e. The molecule has 0 spiro atoms. The second kappa shape index (κ2) is 6.85. The summed E-state index contributed by atoms with van der Waals surface area (Å²) in [6.45, 7) is 0. The highest BCUT2D eigenvalue weighted by Gasteiger charge is 2.20. The van der Waals surface area contributed by atoms with Crippen LogP contribution in [0.3, 0.4) is 0 Å². The number of pyridine rings is 1. The summed E-state index contributed by atoms with van der Waals surface area (Å²) in [7, 11) is 0. The van der Waals surface area contributed by atoms with Gasteiger partial charge in [-0.05, 0) is 24.5 Å². The zero-order valence-electron chi connectivity index (χ0n) is 9.80. The predicted octanol–water partition coefficient (Wildman–Crippen LogP) is 0.311. The van der Waals surface area contributed by atoms with Crippen molar-refractivity contribution in [2.75, 3.05) is 12.0 Å². The second-order valence-electron chi connectivity index (χ2n) is 3.59. The molecule has 1 rings (SSSR count). The van der Waals surface area contributed by atoms with Crippen molar-refractivity contribution >= 4 is 23.6 Å². The molecule has 0 radical (unpaired) electrons. The number of carboxylic acid groups (broad SMARTS) is 1. The highest BCUT2D eigenvalue weighted by atomic mass is 32.2. The third-order valence-corrected chi connectivity index (χ3v) is 2.90. The number of aromatic amines is 1. The Morgan fingerprint density at radius 1 is 1.56 bits per heavy atom. The van der Waals surface area contributed by atoms with Crippen molar-refractivity contribution < 1.29 is 14.7 Å². The molecule has 0 aromatic carbocycles. The molecule has 7 heteroatoms. The van der Waals surface area contributed by atoms with Gasteiger partial charge in [-0.15, -0.1) is 0 Å². The van der Waals surface area contributed by atoms with Gasteiger partial charge in [0.1, 0.15) is 6.04 Å². The molecule has 1 aromatic heterocycles. The van der Waals surface area contributed by atoms with Crippen LogP contribution in [0.25, 0.3) is 0 Å². The fraction of sp³-hybridized carbons (Fsp3) is 0.364. The lowest BCUT2D eigenvalue weighted by Crippen LogP contribution is -2.41. The molecule has 98 valence electrons. The fourth-order valence-electron chi connectivity index (χ4n) is 1.32. The summed E-state index contributed by atoms with van der Waals surface area (Å²) in [5, 5.41) is 11.3. The summed E-state index contributed by atoms with van der Waals surface area (Å²) < 4.78 is 0. The van der Waals surface area contributed by atoms with Gasteiger partial charge < -0.3 is 15.4 Å². The fourth-order valence-corrected chi connectivity index (χ4v) is 1.79. The number of nitrogens with one attached hydrogen (secondary N) is 2. The molecule has 0 saturated carbocycles. The first-order valence-electron chi connectivity index (χ1n) is 5.26. The summed E-state index contributed by atoms with van der Waals surface area (Å²) in [6, 6.07) is 1.61. The molecule has 0 saturated heterocycles. The van der Waals surface area contributed by atoms with Gasteiger partial charge in [-0.3, -0.25) is 9.59 Å². The van der Waals surface area contributed by atoms with Gasteiger partial charge in [0.05, 0.1) is 0 Å². The minimum atomic E-state index is -1.08. The van der Waals surface area contributed by atoms with Crippen LogP contribution in [0.2, 0.25) is 0 Å². The molecule has 0 aliphatic heterocycles. The third-order valence-electron chi connectivity index (χ3n) is 2.25. The largest absolute Gasteiger partial charge is 0.480 e. The molecule has 6 nitrogen and oxygen atoms in total. The van der Waals surface area contributed by atoms with Crippen LogP contribution in [-0.2, 0) is 4.79 Å². The monoisotopic (exact) mass is 270 g/mol. The zero-order chi connectivity index (χ0) is 13.5. The first-order valence-corrected chi connectivity index (χ1v) is 6.65. The Bertz CT molecular complexity index is 486. The van der Waals surface area contributed by atoms with E-state index >= 15 is 0 Å². The van der Waals surface area contributed by atoms with E-state index in [-0.39, 0.29) is 5.56 Å². The van der Waals surface area contributed by atoms with E-state index in [0.717, 1.165) is 6.07 Å². The number of aromatic nitrogens is 1. The molecule has 0 aliphatic carbocycles. The van der Waals surface area contributed by atoms with Crippen molar-refractivity contribution in [3.05, 3.63) is 34.2 Å². The van der Waals surface area contributed by atoms with E-state index in [1.165, 1.54) is 24.0 Å². The van der Waals surface area contributed by atoms with Gasteiger partial charge in [0.15, 0.2) is 0 Å². The maximum atomic E-state index is 11.7. The lowest BCUT2D eigenvalue weighted by molar-refractivity contribution is -0.139. The van der Waals surface area contributed by atoms with E-state index in [1.54, 1.807) is 0 Å². The molecule has 0 bridgehead atoms. The molecule has 1 heterocycles. The number of hydrogen-bond donors (Lipinski definition) is 3. The quantitative estimate of drug-likeness (QED) is 0.691. The molecular formula is C11H14N2O4S. The van der Waals surface area contributed by atoms with E-state index in [1.807, 2.05) is 6.26 Å². The number of hydrogen-bond acceptors (Lipinski definition) is 4. The van der Waals surface area contributed by atoms with E-state index in [2.05, 4.69) is 10.3 Å². The highest BCUT2D eigenvalue weighted by molar-refractivity contribution is 7.98. The number of H-pyrrole nitrogens is 1. The van der Waals surface area contributed by atoms with Crippen LogP contribution in [0.4, 0.5) is 0 Å². The van der Waals surface area contributed by atoms with E-state index in [4.69, 9.17) is 5.11 Å². The van der Waals surface area contributed by atoms with Crippen LogP contribution < -0.4 is 10.9 Å². The summed E-state index contributed by atoms with van der Waals surface area (Å²) >= 11 is 1.50. The molecule has 0 unspecified atom stereocenters. The van der Waals surface area contributed by atoms with Crippen LogP contribution in [-0.4, -0.2) is 40.0 Å². The Labute approximate surface area is 108 Å². The zero-order valence-corrected chi connectivity index (χ0v) is 10.6. The maximum absolute atomic E-state index is 11.7. The number of carbonyl (C=O) groups excluding carboxylic acids is 1. The van der Waals surface area contributed by atoms with Gasteiger partial charge in [0, 0.05) is 17.8 Å². The Hall–Kier alpha value is -1.76. The first kappa shape index (κ1) is 14.3. The van der Waals surface area contributed by atoms with Crippen LogP contribution >= 0.6 is 11.8 Å². The summed E-state index contributed by atoms with van der Waals surface area (Å²) in [4.78, 5) is 36.1. The molecule has 0 aliphatic rings. The average Bonchev–Trinajstić information content (AvgIpc) is 2.33. The second-order valence-corrected chi connectivity index (χ2v) is 4.57. The number of aliphatic carboxylic acids is 1. The van der Waals surface area contributed by atoms with E-state index < -0.39 is 23.5 Å². The van der Waals surface area contributed by atoms with Crippen molar-refractivity contribution in [3.63, 3.8) is 0 Å². The van der Waals surface area contributed by atoms with Crippen LogP contribution in [0.1, 0.15) is 16.8 Å². The lowest BCUT2D eigenvalue weighted by atomic mass is 10.2. The molecule has 1 atom stereocenters. The van der Waals surface area contributed by atoms with E-state index in [0.29, 0.717) is 12.2 Å². The number of thioether (sulfide) groups is 1. The van der Waals surface area contributed by atoms with Crippen molar-refractivity contribution in [2.45, 2.75) is 12.5 Å². The Kier molecular flexibility index (Phi) is 5.44. The summed E-state index contributed by atoms with van der Waals surface area (Å²) in [5.74, 6) is -1.01. The summed E-state index contributed by atoms with van der Waals surface area (Å²) in [5.41, 5.74) is -0.257. The van der Waals surface area contributed by atoms with Gasteiger partial charge in [-0.25, -0.2) is 4.79 Å². The Morgan fingerprint density at radius 2 is 2.28 bits per heavy atom. The van der Waals surface area contributed by atoms with Crippen molar-refractivity contribution in [1.82, 2.24) is 10.3 Å². The first-order chi connectivity index (χ1) is 8.54. The number of amides is 1. The van der Waals surface area contributed by atoms with Crippen LogP contribution in [0.5, 0.6) is 0 Å². The van der Waals surface area contributed by atoms with Gasteiger partial charge in [0.25, 0.3) is 5.91 Å². The minimum Gasteiger partial charge on any atom is -0.480 e. The summed E-state index contributed by atoms with van der Waals surface area (Å²) in [6.07, 6.45) is 3.54. The number of rotatable bonds is 6. The van der Waals surface area contributed by atoms with E-state index in [9.17, 15) is 14.4 Å². The third kappa shape index (κ3) is 4.25. The van der Waals surface area contributed by atoms with Gasteiger partial charge in [0.2, 0.25) is 5.56 Å². The van der Waals surface area contributed by atoms with Gasteiger partial charge in [-0.1, -0.05) is 0 Å². The molecule has 18 heavy (non-hydrogen) atoms.